The number of amides is 1. The van der Waals surface area contributed by atoms with Crippen molar-refractivity contribution in [1.82, 2.24) is 19.6 Å². The van der Waals surface area contributed by atoms with Crippen LogP contribution in [0, 0.1) is 5.82 Å². The van der Waals surface area contributed by atoms with Gasteiger partial charge in [-0.1, -0.05) is 6.07 Å². The fourth-order valence-electron chi connectivity index (χ4n) is 3.27. The third-order valence-electron chi connectivity index (χ3n) is 4.68. The Labute approximate surface area is 156 Å². The number of ether oxygens (including phenoxy) is 1. The number of pyridine rings is 1. The summed E-state index contributed by atoms with van der Waals surface area (Å²) in [5.41, 5.74) is 2.42. The van der Waals surface area contributed by atoms with Gasteiger partial charge in [-0.25, -0.2) is 9.37 Å². The molecule has 1 aliphatic rings. The van der Waals surface area contributed by atoms with Crippen LogP contribution >= 0.6 is 0 Å². The quantitative estimate of drug-likeness (QED) is 0.750. The Morgan fingerprint density at radius 2 is 1.93 bits per heavy atom. The Morgan fingerprint density at radius 3 is 2.70 bits per heavy atom. The maximum absolute atomic E-state index is 13.3. The van der Waals surface area contributed by atoms with E-state index in [1.54, 1.807) is 12.1 Å². The van der Waals surface area contributed by atoms with Crippen LogP contribution in [-0.2, 0) is 4.74 Å². The van der Waals surface area contributed by atoms with Gasteiger partial charge < -0.3 is 10.1 Å². The average Bonchev–Trinajstić information content (AvgIpc) is 3.09. The van der Waals surface area contributed by atoms with Gasteiger partial charge >= 0.3 is 0 Å². The van der Waals surface area contributed by atoms with Crippen LogP contribution in [0.3, 0.4) is 0 Å². The minimum Gasteiger partial charge on any atom is -0.379 e. The van der Waals surface area contributed by atoms with Crippen molar-refractivity contribution in [2.24, 2.45) is 0 Å². The smallest absolute Gasteiger partial charge is 0.272 e. The van der Waals surface area contributed by atoms with Crippen LogP contribution in [-0.4, -0.2) is 59.6 Å². The van der Waals surface area contributed by atoms with Crippen molar-refractivity contribution < 1.29 is 13.9 Å². The lowest BCUT2D eigenvalue weighted by atomic mass is 10.1. The van der Waals surface area contributed by atoms with Crippen LogP contribution in [0.2, 0.25) is 0 Å². The molecular formula is C20H21FN4O2. The highest BCUT2D eigenvalue weighted by atomic mass is 19.1. The molecule has 27 heavy (non-hydrogen) atoms. The number of fused-ring (bicyclic) bond motifs is 1. The Hall–Kier alpha value is -2.77. The molecule has 1 saturated heterocycles. The normalized spacial score (nSPS) is 15.1. The monoisotopic (exact) mass is 368 g/mol. The third-order valence-corrected chi connectivity index (χ3v) is 4.68. The number of aromatic nitrogens is 2. The van der Waals surface area contributed by atoms with E-state index in [-0.39, 0.29) is 11.7 Å². The van der Waals surface area contributed by atoms with E-state index < -0.39 is 0 Å². The average molecular weight is 368 g/mol. The second-order valence-electron chi connectivity index (χ2n) is 6.45. The van der Waals surface area contributed by atoms with Crippen molar-refractivity contribution in [2.45, 2.75) is 0 Å². The van der Waals surface area contributed by atoms with Gasteiger partial charge in [0.25, 0.3) is 5.91 Å². The Bertz CT molecular complexity index is 933. The van der Waals surface area contributed by atoms with Crippen molar-refractivity contribution in [2.75, 3.05) is 39.4 Å². The molecular weight excluding hydrogens is 347 g/mol. The fourth-order valence-corrected chi connectivity index (χ4v) is 3.27. The largest absolute Gasteiger partial charge is 0.379 e. The highest BCUT2D eigenvalue weighted by molar-refractivity contribution is 5.99. The lowest BCUT2D eigenvalue weighted by molar-refractivity contribution is 0.0383. The molecule has 4 rings (SSSR count). The minimum atomic E-state index is -0.316. The van der Waals surface area contributed by atoms with Crippen LogP contribution in [0.4, 0.5) is 4.39 Å². The Kier molecular flexibility index (Phi) is 5.13. The molecule has 0 unspecified atom stereocenters. The van der Waals surface area contributed by atoms with Crippen LogP contribution < -0.4 is 5.32 Å². The molecule has 0 aliphatic carbocycles. The number of halogens is 1. The fraction of sp³-hybridized carbons (Fsp3) is 0.300. The number of imidazole rings is 1. The summed E-state index contributed by atoms with van der Waals surface area (Å²) in [6.45, 7) is 4.53. The van der Waals surface area contributed by atoms with Gasteiger partial charge in [-0.2, -0.15) is 0 Å². The highest BCUT2D eigenvalue weighted by Crippen LogP contribution is 2.25. The topological polar surface area (TPSA) is 58.9 Å². The molecule has 3 aromatic rings. The zero-order chi connectivity index (χ0) is 18.6. The number of carbonyl (C=O) groups excluding carboxylic acids is 1. The lowest BCUT2D eigenvalue weighted by Gasteiger charge is -2.26. The number of nitrogens with zero attached hydrogens (tertiary/aromatic N) is 3. The van der Waals surface area contributed by atoms with E-state index in [1.165, 1.54) is 12.1 Å². The van der Waals surface area contributed by atoms with E-state index in [2.05, 4.69) is 15.2 Å². The van der Waals surface area contributed by atoms with Crippen molar-refractivity contribution in [3.63, 3.8) is 0 Å². The van der Waals surface area contributed by atoms with E-state index in [0.29, 0.717) is 23.6 Å². The number of rotatable bonds is 5. The van der Waals surface area contributed by atoms with Gasteiger partial charge in [0.05, 0.1) is 18.9 Å². The molecule has 0 saturated carbocycles. The maximum atomic E-state index is 13.3. The van der Waals surface area contributed by atoms with E-state index >= 15 is 0 Å². The van der Waals surface area contributed by atoms with Crippen LogP contribution in [0.1, 0.15) is 10.5 Å². The number of benzene rings is 1. The molecule has 140 valence electrons. The number of nitrogens with one attached hydrogen (secondary N) is 1. The summed E-state index contributed by atoms with van der Waals surface area (Å²) in [7, 11) is 0. The lowest BCUT2D eigenvalue weighted by Crippen LogP contribution is -2.41. The first-order valence-corrected chi connectivity index (χ1v) is 9.04. The summed E-state index contributed by atoms with van der Waals surface area (Å²) >= 11 is 0. The second-order valence-corrected chi connectivity index (χ2v) is 6.45. The zero-order valence-electron chi connectivity index (χ0n) is 14.9. The molecule has 3 heterocycles. The zero-order valence-corrected chi connectivity index (χ0v) is 14.9. The van der Waals surface area contributed by atoms with Crippen molar-refractivity contribution in [3.05, 3.63) is 60.2 Å². The SMILES string of the molecule is O=C(NCCN1CCOCC1)c1nc2ccccn2c1-c1ccc(F)cc1. The summed E-state index contributed by atoms with van der Waals surface area (Å²) in [6, 6.07) is 11.7. The standard InChI is InChI=1S/C20H21FN4O2/c21-16-6-4-15(5-7-16)19-18(23-17-3-1-2-9-25(17)19)20(26)22-8-10-24-11-13-27-14-12-24/h1-7,9H,8,10-14H2,(H,22,26). The summed E-state index contributed by atoms with van der Waals surface area (Å²) in [6.07, 6.45) is 1.85. The second kappa shape index (κ2) is 7.85. The first-order valence-electron chi connectivity index (χ1n) is 9.04. The Morgan fingerprint density at radius 1 is 1.15 bits per heavy atom. The highest BCUT2D eigenvalue weighted by Gasteiger charge is 2.20. The van der Waals surface area contributed by atoms with Crippen molar-refractivity contribution in [1.29, 1.82) is 0 Å². The molecule has 1 aromatic carbocycles. The maximum Gasteiger partial charge on any atom is 0.272 e. The van der Waals surface area contributed by atoms with Gasteiger partial charge in [0.15, 0.2) is 5.69 Å². The van der Waals surface area contributed by atoms with Gasteiger partial charge in [0, 0.05) is 37.9 Å². The molecule has 7 heteroatoms. The van der Waals surface area contributed by atoms with Crippen molar-refractivity contribution in [3.8, 4) is 11.3 Å². The van der Waals surface area contributed by atoms with Gasteiger partial charge in [-0.3, -0.25) is 14.1 Å². The van der Waals surface area contributed by atoms with E-state index in [1.807, 2.05) is 28.8 Å². The molecule has 1 N–H and O–H groups in total. The first kappa shape index (κ1) is 17.6. The van der Waals surface area contributed by atoms with Crippen LogP contribution in [0.25, 0.3) is 16.9 Å². The van der Waals surface area contributed by atoms with Gasteiger partial charge in [0.2, 0.25) is 0 Å². The van der Waals surface area contributed by atoms with Crippen LogP contribution in [0.15, 0.2) is 48.7 Å². The molecule has 1 amide bonds. The van der Waals surface area contributed by atoms with E-state index in [4.69, 9.17) is 4.74 Å². The number of carbonyl (C=O) groups is 1. The molecule has 1 fully saturated rings. The molecule has 0 radical (unpaired) electrons. The third kappa shape index (κ3) is 3.84. The summed E-state index contributed by atoms with van der Waals surface area (Å²) in [5.74, 6) is -0.546. The van der Waals surface area contributed by atoms with Crippen molar-refractivity contribution >= 4 is 11.6 Å². The number of morpholine rings is 1. The molecule has 0 bridgehead atoms. The predicted octanol–water partition coefficient (Wildman–Crippen LogP) is 2.20. The minimum absolute atomic E-state index is 0.230. The van der Waals surface area contributed by atoms with E-state index in [0.717, 1.165) is 38.4 Å². The van der Waals surface area contributed by atoms with E-state index in [9.17, 15) is 9.18 Å². The van der Waals surface area contributed by atoms with Gasteiger partial charge in [-0.05, 0) is 36.4 Å². The van der Waals surface area contributed by atoms with Gasteiger partial charge in [-0.15, -0.1) is 0 Å². The summed E-state index contributed by atoms with van der Waals surface area (Å²) in [4.78, 5) is 19.6. The molecule has 0 spiro atoms. The summed E-state index contributed by atoms with van der Waals surface area (Å²) < 4.78 is 20.5. The molecule has 6 nitrogen and oxygen atoms in total. The number of hydrogen-bond acceptors (Lipinski definition) is 4. The predicted molar refractivity (Wildman–Crippen MR) is 100 cm³/mol. The first-order chi connectivity index (χ1) is 13.2. The van der Waals surface area contributed by atoms with Gasteiger partial charge in [0.1, 0.15) is 11.5 Å². The van der Waals surface area contributed by atoms with Crippen LogP contribution in [0.5, 0.6) is 0 Å². The molecule has 1 aliphatic heterocycles. The Balaban J connectivity index is 1.57. The molecule has 0 atom stereocenters. The summed E-state index contributed by atoms with van der Waals surface area (Å²) in [5, 5.41) is 2.96. The number of hydrogen-bond donors (Lipinski definition) is 1. The molecule has 2 aromatic heterocycles.